The van der Waals surface area contributed by atoms with E-state index >= 15 is 0 Å². The Labute approximate surface area is 114 Å². The van der Waals surface area contributed by atoms with Gasteiger partial charge >= 0.3 is 0 Å². The van der Waals surface area contributed by atoms with Crippen molar-refractivity contribution in [2.75, 3.05) is 45.8 Å². The van der Waals surface area contributed by atoms with Gasteiger partial charge in [-0.05, 0) is 44.9 Å². The molecule has 0 aliphatic carbocycles. The monoisotopic (exact) mass is 255 g/mol. The summed E-state index contributed by atoms with van der Waals surface area (Å²) < 4.78 is 0. The van der Waals surface area contributed by atoms with Crippen molar-refractivity contribution in [1.29, 1.82) is 0 Å². The Morgan fingerprint density at radius 1 is 1.22 bits per heavy atom. The maximum atomic E-state index is 3.56. The number of nitrogens with one attached hydrogen (secondary N) is 1. The maximum Gasteiger partial charge on any atom is 0.0235 e. The lowest BCUT2D eigenvalue weighted by Gasteiger charge is -2.26. The molecule has 1 rings (SSSR count). The van der Waals surface area contributed by atoms with Crippen molar-refractivity contribution in [2.45, 2.75) is 46.6 Å². The lowest BCUT2D eigenvalue weighted by Crippen LogP contribution is -2.38. The fourth-order valence-corrected chi connectivity index (χ4v) is 2.81. The topological polar surface area (TPSA) is 18.5 Å². The molecule has 1 unspecified atom stereocenters. The SMILES string of the molecule is CCN(CC)C1CCN(CCNCCC(C)C)C1. The highest BCUT2D eigenvalue weighted by molar-refractivity contribution is 4.82. The van der Waals surface area contributed by atoms with E-state index in [-0.39, 0.29) is 0 Å². The van der Waals surface area contributed by atoms with Gasteiger partial charge in [-0.3, -0.25) is 4.90 Å². The van der Waals surface area contributed by atoms with Gasteiger partial charge in [0.15, 0.2) is 0 Å². The summed E-state index contributed by atoms with van der Waals surface area (Å²) in [6.07, 6.45) is 2.65. The number of likely N-dealkylation sites (tertiary alicyclic amines) is 1. The van der Waals surface area contributed by atoms with E-state index in [2.05, 4.69) is 42.8 Å². The van der Waals surface area contributed by atoms with Crippen molar-refractivity contribution in [3.05, 3.63) is 0 Å². The van der Waals surface area contributed by atoms with Crippen LogP contribution in [0, 0.1) is 5.92 Å². The van der Waals surface area contributed by atoms with Gasteiger partial charge in [0.2, 0.25) is 0 Å². The molecule has 1 fully saturated rings. The molecule has 0 spiro atoms. The summed E-state index contributed by atoms with van der Waals surface area (Å²) in [4.78, 5) is 5.22. The molecule has 108 valence electrons. The minimum absolute atomic E-state index is 0.802. The van der Waals surface area contributed by atoms with Crippen LogP contribution in [0.25, 0.3) is 0 Å². The zero-order valence-corrected chi connectivity index (χ0v) is 12.9. The molecule has 1 heterocycles. The van der Waals surface area contributed by atoms with E-state index in [9.17, 15) is 0 Å². The molecule has 1 aliphatic heterocycles. The van der Waals surface area contributed by atoms with Crippen LogP contribution >= 0.6 is 0 Å². The number of likely N-dealkylation sites (N-methyl/N-ethyl adjacent to an activating group) is 1. The molecule has 0 bridgehead atoms. The van der Waals surface area contributed by atoms with Crippen LogP contribution in [0.5, 0.6) is 0 Å². The van der Waals surface area contributed by atoms with E-state index in [1.807, 2.05) is 0 Å². The molecule has 1 atom stereocenters. The summed E-state index contributed by atoms with van der Waals surface area (Å²) in [5.74, 6) is 0.816. The van der Waals surface area contributed by atoms with E-state index in [0.29, 0.717) is 0 Å². The standard InChI is InChI=1S/C15H33N3/c1-5-18(6-2)15-8-11-17(13-15)12-10-16-9-7-14(3)4/h14-16H,5-13H2,1-4H3. The number of hydrogen-bond donors (Lipinski definition) is 1. The lowest BCUT2D eigenvalue weighted by molar-refractivity contribution is 0.211. The Morgan fingerprint density at radius 3 is 2.56 bits per heavy atom. The molecule has 3 nitrogen and oxygen atoms in total. The third kappa shape index (κ3) is 5.68. The third-order valence-electron chi connectivity index (χ3n) is 4.08. The van der Waals surface area contributed by atoms with E-state index in [4.69, 9.17) is 0 Å². The average Bonchev–Trinajstić information content (AvgIpc) is 2.79. The number of hydrogen-bond acceptors (Lipinski definition) is 3. The van der Waals surface area contributed by atoms with E-state index in [1.54, 1.807) is 0 Å². The Kier molecular flexibility index (Phi) is 7.87. The van der Waals surface area contributed by atoms with Crippen LogP contribution in [0.15, 0.2) is 0 Å². The van der Waals surface area contributed by atoms with E-state index < -0.39 is 0 Å². The second-order valence-electron chi connectivity index (χ2n) is 5.90. The normalized spacial score (nSPS) is 21.3. The van der Waals surface area contributed by atoms with Gasteiger partial charge in [0.05, 0.1) is 0 Å². The molecule has 0 saturated carbocycles. The summed E-state index contributed by atoms with van der Waals surface area (Å²) in [5, 5.41) is 3.56. The van der Waals surface area contributed by atoms with Crippen molar-refractivity contribution in [2.24, 2.45) is 5.92 Å². The summed E-state index contributed by atoms with van der Waals surface area (Å²) >= 11 is 0. The van der Waals surface area contributed by atoms with Crippen LogP contribution < -0.4 is 5.32 Å². The van der Waals surface area contributed by atoms with E-state index in [1.165, 1.54) is 52.1 Å². The summed E-state index contributed by atoms with van der Waals surface area (Å²) in [6, 6.07) is 0.802. The molecule has 0 aromatic heterocycles. The first-order valence-electron chi connectivity index (χ1n) is 7.84. The summed E-state index contributed by atoms with van der Waals surface area (Å²) in [6.45, 7) is 17.6. The highest BCUT2D eigenvalue weighted by Crippen LogP contribution is 2.14. The van der Waals surface area contributed by atoms with Gasteiger partial charge in [0, 0.05) is 25.7 Å². The van der Waals surface area contributed by atoms with Crippen LogP contribution in [0.1, 0.15) is 40.5 Å². The molecule has 1 saturated heterocycles. The fraction of sp³-hybridized carbons (Fsp3) is 1.00. The van der Waals surface area contributed by atoms with Crippen LogP contribution in [-0.4, -0.2) is 61.7 Å². The molecule has 1 N–H and O–H groups in total. The predicted octanol–water partition coefficient (Wildman–Crippen LogP) is 2.04. The van der Waals surface area contributed by atoms with Crippen LogP contribution in [0.2, 0.25) is 0 Å². The quantitative estimate of drug-likeness (QED) is 0.636. The minimum atomic E-state index is 0.802. The first-order valence-corrected chi connectivity index (χ1v) is 7.84. The Bertz CT molecular complexity index is 202. The van der Waals surface area contributed by atoms with Crippen molar-refractivity contribution in [1.82, 2.24) is 15.1 Å². The van der Waals surface area contributed by atoms with Crippen molar-refractivity contribution in [3.8, 4) is 0 Å². The van der Waals surface area contributed by atoms with Crippen LogP contribution in [0.3, 0.4) is 0 Å². The smallest absolute Gasteiger partial charge is 0.0235 e. The number of rotatable bonds is 9. The summed E-state index contributed by atoms with van der Waals surface area (Å²) in [5.41, 5.74) is 0. The average molecular weight is 255 g/mol. The van der Waals surface area contributed by atoms with Gasteiger partial charge in [-0.2, -0.15) is 0 Å². The third-order valence-corrected chi connectivity index (χ3v) is 4.08. The minimum Gasteiger partial charge on any atom is -0.315 e. The zero-order valence-electron chi connectivity index (χ0n) is 12.9. The highest BCUT2D eigenvalue weighted by Gasteiger charge is 2.25. The second-order valence-corrected chi connectivity index (χ2v) is 5.90. The number of nitrogens with zero attached hydrogens (tertiary/aromatic N) is 2. The molecule has 18 heavy (non-hydrogen) atoms. The van der Waals surface area contributed by atoms with Crippen molar-refractivity contribution >= 4 is 0 Å². The predicted molar refractivity (Wildman–Crippen MR) is 80.1 cm³/mol. The van der Waals surface area contributed by atoms with Crippen LogP contribution in [0.4, 0.5) is 0 Å². The Morgan fingerprint density at radius 2 is 1.94 bits per heavy atom. The van der Waals surface area contributed by atoms with Gasteiger partial charge in [-0.1, -0.05) is 27.7 Å². The zero-order chi connectivity index (χ0) is 13.4. The molecule has 0 radical (unpaired) electrons. The van der Waals surface area contributed by atoms with Gasteiger partial charge in [-0.15, -0.1) is 0 Å². The van der Waals surface area contributed by atoms with Crippen molar-refractivity contribution < 1.29 is 0 Å². The molecular weight excluding hydrogens is 222 g/mol. The van der Waals surface area contributed by atoms with Gasteiger partial charge in [-0.25, -0.2) is 0 Å². The Balaban J connectivity index is 2.07. The molecular formula is C15H33N3. The van der Waals surface area contributed by atoms with Gasteiger partial charge < -0.3 is 10.2 Å². The van der Waals surface area contributed by atoms with Gasteiger partial charge in [0.25, 0.3) is 0 Å². The highest BCUT2D eigenvalue weighted by atomic mass is 15.3. The summed E-state index contributed by atoms with van der Waals surface area (Å²) in [7, 11) is 0. The molecule has 0 aromatic rings. The molecule has 0 amide bonds. The molecule has 3 heteroatoms. The lowest BCUT2D eigenvalue weighted by atomic mass is 10.1. The maximum absolute atomic E-state index is 3.56. The van der Waals surface area contributed by atoms with E-state index in [0.717, 1.165) is 18.5 Å². The first-order chi connectivity index (χ1) is 8.67. The Hall–Kier alpha value is -0.120. The van der Waals surface area contributed by atoms with Crippen molar-refractivity contribution in [3.63, 3.8) is 0 Å². The first kappa shape index (κ1) is 15.9. The van der Waals surface area contributed by atoms with Crippen LogP contribution in [-0.2, 0) is 0 Å². The fourth-order valence-electron chi connectivity index (χ4n) is 2.81. The second kappa shape index (κ2) is 8.89. The molecule has 0 aromatic carbocycles. The van der Waals surface area contributed by atoms with Gasteiger partial charge in [0.1, 0.15) is 0 Å². The molecule has 1 aliphatic rings. The largest absolute Gasteiger partial charge is 0.315 e.